The maximum absolute atomic E-state index is 12.8. The molecule has 0 aliphatic heterocycles. The second-order valence-corrected chi connectivity index (χ2v) is 9.65. The highest BCUT2D eigenvalue weighted by atomic mass is 35.5. The Hall–Kier alpha value is -5.36. The maximum Gasteiger partial charge on any atom is 0.308 e. The molecule has 10 nitrogen and oxygen atoms in total. The number of aromatic nitrogens is 6. The first-order chi connectivity index (χ1) is 21.5. The molecule has 4 N–H and O–H groups in total. The van der Waals surface area contributed by atoms with Gasteiger partial charge in [-0.1, -0.05) is 24.3 Å². The number of rotatable bonds is 8. The third-order valence-corrected chi connectivity index (χ3v) is 6.39. The lowest BCUT2D eigenvalue weighted by Crippen LogP contribution is -1.95. The second-order valence-electron chi connectivity index (χ2n) is 9.31. The average Bonchev–Trinajstić information content (AvgIpc) is 3.06. The molecule has 0 aliphatic rings. The number of halogens is 2. The molecule has 0 amide bonds. The first-order valence-corrected chi connectivity index (χ1v) is 13.7. The molecule has 0 spiro atoms. The summed E-state index contributed by atoms with van der Waals surface area (Å²) in [7, 11) is 0. The fourth-order valence-electron chi connectivity index (χ4n) is 4.07. The molecule has 0 bridgehead atoms. The van der Waals surface area contributed by atoms with Crippen LogP contribution in [0.2, 0.25) is 5.28 Å². The van der Waals surface area contributed by atoms with E-state index in [1.165, 1.54) is 12.4 Å². The van der Waals surface area contributed by atoms with E-state index >= 15 is 0 Å². The van der Waals surface area contributed by atoms with E-state index in [2.05, 4.69) is 40.5 Å². The van der Waals surface area contributed by atoms with Crippen molar-refractivity contribution in [1.82, 2.24) is 29.9 Å². The van der Waals surface area contributed by atoms with Gasteiger partial charge in [0, 0.05) is 59.7 Å². The van der Waals surface area contributed by atoms with Crippen molar-refractivity contribution >= 4 is 34.6 Å². The summed E-state index contributed by atoms with van der Waals surface area (Å²) < 4.78 is 12.8. The normalized spacial score (nSPS) is 10.5. The van der Waals surface area contributed by atoms with Crippen LogP contribution in [0.1, 0.15) is 11.1 Å². The van der Waals surface area contributed by atoms with E-state index in [1.807, 2.05) is 66.7 Å². The Balaban J connectivity index is 0.000000175. The van der Waals surface area contributed by atoms with E-state index < -0.39 is 6.08 Å². The third kappa shape index (κ3) is 8.35. The molecule has 0 radical (unpaired) electrons. The summed E-state index contributed by atoms with van der Waals surface area (Å²) in [5.41, 5.74) is 6.67. The molecule has 220 valence electrons. The van der Waals surface area contributed by atoms with Crippen LogP contribution >= 0.6 is 11.6 Å². The summed E-state index contributed by atoms with van der Waals surface area (Å²) in [6.07, 6.45) is 8.79. The molecular formula is C32H26ClFN8O2. The highest BCUT2D eigenvalue weighted by Crippen LogP contribution is 2.24. The average molecular weight is 609 g/mol. The number of nitrogens with zero attached hydrogens (tertiary/aromatic N) is 6. The molecule has 2 aromatic carbocycles. The van der Waals surface area contributed by atoms with Gasteiger partial charge in [0.1, 0.15) is 11.6 Å². The zero-order valence-corrected chi connectivity index (χ0v) is 23.9. The third-order valence-electron chi connectivity index (χ3n) is 6.19. The Kier molecular flexibility index (Phi) is 10.1. The number of nitrogens with one attached hydrogen (secondary N) is 2. The van der Waals surface area contributed by atoms with Crippen LogP contribution in [-0.4, -0.2) is 40.1 Å². The van der Waals surface area contributed by atoms with Crippen molar-refractivity contribution in [2.45, 2.75) is 13.2 Å². The largest absolute Gasteiger partial charge is 0.392 e. The Morgan fingerprint density at radius 2 is 1.02 bits per heavy atom. The topological polar surface area (TPSA) is 142 Å². The molecule has 4 aromatic heterocycles. The zero-order valence-electron chi connectivity index (χ0n) is 23.1. The van der Waals surface area contributed by atoms with Crippen molar-refractivity contribution in [3.05, 3.63) is 132 Å². The fraction of sp³-hybridized carbons (Fsp3) is 0.0625. The number of pyridine rings is 2. The molecule has 6 rings (SSSR count). The molecule has 0 fully saturated rings. The predicted molar refractivity (Wildman–Crippen MR) is 167 cm³/mol. The minimum Gasteiger partial charge on any atom is -0.392 e. The van der Waals surface area contributed by atoms with Crippen LogP contribution in [0.5, 0.6) is 0 Å². The van der Waals surface area contributed by atoms with Crippen LogP contribution in [0.15, 0.2) is 110 Å². The number of benzene rings is 2. The van der Waals surface area contributed by atoms with E-state index in [9.17, 15) is 9.50 Å². The molecule has 44 heavy (non-hydrogen) atoms. The molecule has 0 unspecified atom stereocenters. The van der Waals surface area contributed by atoms with Crippen LogP contribution < -0.4 is 10.6 Å². The Morgan fingerprint density at radius 3 is 1.48 bits per heavy atom. The highest BCUT2D eigenvalue weighted by molar-refractivity contribution is 6.28. The lowest BCUT2D eigenvalue weighted by Gasteiger charge is -2.08. The van der Waals surface area contributed by atoms with Gasteiger partial charge in [0.15, 0.2) is 0 Å². The van der Waals surface area contributed by atoms with Gasteiger partial charge in [-0.3, -0.25) is 0 Å². The Labute approximate surface area is 257 Å². The molecule has 0 saturated heterocycles. The van der Waals surface area contributed by atoms with Gasteiger partial charge in [-0.25, -0.2) is 29.9 Å². The van der Waals surface area contributed by atoms with Gasteiger partial charge in [0.25, 0.3) is 0 Å². The van der Waals surface area contributed by atoms with E-state index in [0.717, 1.165) is 39.2 Å². The monoisotopic (exact) mass is 608 g/mol. The van der Waals surface area contributed by atoms with Gasteiger partial charge in [-0.15, -0.1) is 0 Å². The van der Waals surface area contributed by atoms with E-state index in [0.29, 0.717) is 17.2 Å². The second kappa shape index (κ2) is 14.7. The number of aliphatic hydroxyl groups excluding tert-OH is 2. The summed E-state index contributed by atoms with van der Waals surface area (Å²) in [5.74, 6) is 1.33. The van der Waals surface area contributed by atoms with Crippen molar-refractivity contribution in [2.24, 2.45) is 0 Å². The summed E-state index contributed by atoms with van der Waals surface area (Å²) in [6, 6.07) is 22.3. The lowest BCUT2D eigenvalue weighted by molar-refractivity contribution is 0.281. The van der Waals surface area contributed by atoms with Crippen molar-refractivity contribution in [1.29, 1.82) is 0 Å². The van der Waals surface area contributed by atoms with E-state index in [1.54, 1.807) is 30.9 Å². The van der Waals surface area contributed by atoms with Gasteiger partial charge >= 0.3 is 6.08 Å². The minimum atomic E-state index is -0.753. The standard InChI is InChI=1S/C16H13ClN4O.C16H13FN4O/c2*17-16-19-8-13(9-20-16)12-4-5-18-15(7-12)21-14-3-1-2-11(6-14)10-22/h2*1-9,22H,10H2,(H,18,21). The van der Waals surface area contributed by atoms with Crippen molar-refractivity contribution in [2.75, 3.05) is 10.6 Å². The summed E-state index contributed by atoms with van der Waals surface area (Å²) in [6.45, 7) is -0.0129. The van der Waals surface area contributed by atoms with Crippen LogP contribution in [0.3, 0.4) is 0 Å². The Morgan fingerprint density at radius 1 is 0.568 bits per heavy atom. The van der Waals surface area contributed by atoms with Gasteiger partial charge in [0.05, 0.1) is 13.2 Å². The number of anilines is 4. The van der Waals surface area contributed by atoms with Gasteiger partial charge in [-0.2, -0.15) is 4.39 Å². The van der Waals surface area contributed by atoms with E-state index in [4.69, 9.17) is 16.7 Å². The Bertz CT molecular complexity index is 1690. The number of aliphatic hydroxyl groups is 2. The molecule has 4 heterocycles. The summed E-state index contributed by atoms with van der Waals surface area (Å²) in [5, 5.41) is 24.9. The van der Waals surface area contributed by atoms with Crippen LogP contribution in [0, 0.1) is 6.08 Å². The van der Waals surface area contributed by atoms with Crippen LogP contribution in [0.4, 0.5) is 27.4 Å². The molecule has 0 saturated carbocycles. The van der Waals surface area contributed by atoms with Crippen molar-refractivity contribution in [3.8, 4) is 22.3 Å². The molecule has 6 aromatic rings. The van der Waals surface area contributed by atoms with Crippen LogP contribution in [-0.2, 0) is 13.2 Å². The molecule has 12 heteroatoms. The number of hydrogen-bond acceptors (Lipinski definition) is 10. The summed E-state index contributed by atoms with van der Waals surface area (Å²) in [4.78, 5) is 23.6. The zero-order chi connectivity index (χ0) is 30.7. The highest BCUT2D eigenvalue weighted by Gasteiger charge is 2.05. The summed E-state index contributed by atoms with van der Waals surface area (Å²) >= 11 is 5.70. The molecular weight excluding hydrogens is 583 g/mol. The molecule has 0 aliphatic carbocycles. The predicted octanol–water partition coefficient (Wildman–Crippen LogP) is 6.34. The smallest absolute Gasteiger partial charge is 0.308 e. The quantitative estimate of drug-likeness (QED) is 0.145. The lowest BCUT2D eigenvalue weighted by atomic mass is 10.1. The first-order valence-electron chi connectivity index (χ1n) is 13.3. The SMILES string of the molecule is OCc1cccc(Nc2cc(-c3cnc(Cl)nc3)ccn2)c1.OCc1cccc(Nc2cc(-c3cnc(F)nc3)ccn2)c1. The van der Waals surface area contributed by atoms with Gasteiger partial charge in [0.2, 0.25) is 5.28 Å². The van der Waals surface area contributed by atoms with Crippen molar-refractivity contribution < 1.29 is 14.6 Å². The van der Waals surface area contributed by atoms with Crippen LogP contribution in [0.25, 0.3) is 22.3 Å². The van der Waals surface area contributed by atoms with E-state index in [-0.39, 0.29) is 18.5 Å². The molecule has 0 atom stereocenters. The van der Waals surface area contributed by atoms with Crippen molar-refractivity contribution in [3.63, 3.8) is 0 Å². The number of hydrogen-bond donors (Lipinski definition) is 4. The van der Waals surface area contributed by atoms with Gasteiger partial charge < -0.3 is 20.8 Å². The first kappa shape index (κ1) is 30.1. The minimum absolute atomic E-state index is 0.00506. The fourth-order valence-corrected chi connectivity index (χ4v) is 4.17. The van der Waals surface area contributed by atoms with Gasteiger partial charge in [-0.05, 0) is 82.4 Å². The maximum atomic E-state index is 12.8.